The van der Waals surface area contributed by atoms with Crippen LogP contribution in [0.5, 0.6) is 11.5 Å². The fourth-order valence-corrected chi connectivity index (χ4v) is 3.33. The quantitative estimate of drug-likeness (QED) is 0.322. The van der Waals surface area contributed by atoms with E-state index in [2.05, 4.69) is 31.2 Å². The summed E-state index contributed by atoms with van der Waals surface area (Å²) in [6, 6.07) is 8.10. The van der Waals surface area contributed by atoms with Crippen molar-refractivity contribution < 1.29 is 23.4 Å². The van der Waals surface area contributed by atoms with E-state index in [-0.39, 0.29) is 38.0 Å². The molecule has 0 heterocycles. The van der Waals surface area contributed by atoms with E-state index in [1.165, 1.54) is 50.2 Å². The first-order valence-electron chi connectivity index (χ1n) is 7.26. The zero-order chi connectivity index (χ0) is 19.5. The van der Waals surface area contributed by atoms with Crippen LogP contribution in [0.25, 0.3) is 0 Å². The number of nitrogens with one attached hydrogen (secondary N) is 2. The van der Waals surface area contributed by atoms with Gasteiger partial charge in [-0.2, -0.15) is 18.4 Å². The van der Waals surface area contributed by atoms with Crippen LogP contribution in [0.15, 0.2) is 50.9 Å². The minimum absolute atomic E-state index is 0.0514. The number of hydrogen-bond acceptors (Lipinski definition) is 6. The first-order chi connectivity index (χ1) is 12.1. The van der Waals surface area contributed by atoms with Crippen molar-refractivity contribution in [3.63, 3.8) is 0 Å². The first-order valence-corrected chi connectivity index (χ1v) is 9.53. The van der Waals surface area contributed by atoms with Crippen molar-refractivity contribution in [2.24, 2.45) is 5.10 Å². The molecule has 0 saturated carbocycles. The largest absolute Gasteiger partial charge is 0.508 e. The number of nitrogens with zero attached hydrogens (tertiary/aromatic N) is 1. The minimum atomic E-state index is -3.95. The molecule has 0 unspecified atom stereocenters. The average Bonchev–Trinajstić information content (AvgIpc) is 2.56. The van der Waals surface area contributed by atoms with Gasteiger partial charge in [0, 0.05) is 18.2 Å². The van der Waals surface area contributed by atoms with Crippen LogP contribution in [0, 0.1) is 0 Å². The van der Waals surface area contributed by atoms with Crippen LogP contribution in [-0.2, 0) is 14.8 Å². The molecule has 0 aliphatic heterocycles. The van der Waals surface area contributed by atoms with Crippen LogP contribution >= 0.6 is 15.9 Å². The topological polar surface area (TPSA) is 128 Å². The second kappa shape index (κ2) is 7.75. The standard InChI is InChI=1S/C16H16BrN3O5S/c1-9(14-7-12(22)8-15(17)16(14)23)19-20-26(24,25)13-5-3-11(4-6-13)18-10(2)21/h3-8,20,22-23H,1-2H3,(H,18,21)/b19-9+. The summed E-state index contributed by atoms with van der Waals surface area (Å²) in [4.78, 5) is 13.0. The molecule has 8 nitrogen and oxygen atoms in total. The van der Waals surface area contributed by atoms with E-state index < -0.39 is 10.0 Å². The zero-order valence-electron chi connectivity index (χ0n) is 13.8. The van der Waals surface area contributed by atoms with E-state index in [9.17, 15) is 23.4 Å². The van der Waals surface area contributed by atoms with Gasteiger partial charge in [0.05, 0.1) is 15.1 Å². The van der Waals surface area contributed by atoms with Crippen molar-refractivity contribution in [1.29, 1.82) is 0 Å². The Morgan fingerprint density at radius 1 is 1.12 bits per heavy atom. The van der Waals surface area contributed by atoms with Crippen LogP contribution < -0.4 is 10.1 Å². The molecule has 0 spiro atoms. The van der Waals surface area contributed by atoms with Gasteiger partial charge in [-0.3, -0.25) is 4.79 Å². The summed E-state index contributed by atoms with van der Waals surface area (Å²) in [5.74, 6) is -0.561. The molecule has 0 atom stereocenters. The second-order valence-electron chi connectivity index (χ2n) is 5.32. The number of phenolic OH excluding ortho intramolecular Hbond substituents is 2. The van der Waals surface area contributed by atoms with E-state index in [1.807, 2.05) is 0 Å². The number of sulfonamides is 1. The molecule has 2 rings (SSSR count). The minimum Gasteiger partial charge on any atom is -0.508 e. The number of hydrazone groups is 1. The Morgan fingerprint density at radius 3 is 2.31 bits per heavy atom. The molecule has 10 heteroatoms. The highest BCUT2D eigenvalue weighted by Gasteiger charge is 2.15. The maximum Gasteiger partial charge on any atom is 0.276 e. The maximum atomic E-state index is 12.3. The molecule has 0 aliphatic rings. The Kier molecular flexibility index (Phi) is 5.88. The third-order valence-corrected chi connectivity index (χ3v) is 5.09. The lowest BCUT2D eigenvalue weighted by molar-refractivity contribution is -0.114. The first kappa shape index (κ1) is 19.7. The van der Waals surface area contributed by atoms with E-state index in [0.717, 1.165) is 0 Å². The third kappa shape index (κ3) is 4.73. The molecular weight excluding hydrogens is 426 g/mol. The third-order valence-electron chi connectivity index (χ3n) is 3.26. The van der Waals surface area contributed by atoms with Crippen molar-refractivity contribution in [2.75, 3.05) is 5.32 Å². The summed E-state index contributed by atoms with van der Waals surface area (Å²) in [5, 5.41) is 25.9. The molecule has 138 valence electrons. The zero-order valence-corrected chi connectivity index (χ0v) is 16.2. The summed E-state index contributed by atoms with van der Waals surface area (Å²) in [5.41, 5.74) is 0.781. The van der Waals surface area contributed by atoms with E-state index in [4.69, 9.17) is 0 Å². The molecule has 0 bridgehead atoms. The molecule has 4 N–H and O–H groups in total. The number of hydrogen-bond donors (Lipinski definition) is 4. The predicted molar refractivity (Wildman–Crippen MR) is 101 cm³/mol. The van der Waals surface area contributed by atoms with Crippen LogP contribution in [0.4, 0.5) is 5.69 Å². The molecule has 0 radical (unpaired) electrons. The fraction of sp³-hybridized carbons (Fsp3) is 0.125. The van der Waals surface area contributed by atoms with Gasteiger partial charge in [0.1, 0.15) is 11.5 Å². The van der Waals surface area contributed by atoms with Crippen LogP contribution in [0.3, 0.4) is 0 Å². The molecule has 1 amide bonds. The Labute approximate surface area is 158 Å². The second-order valence-corrected chi connectivity index (χ2v) is 7.84. The van der Waals surface area contributed by atoms with Gasteiger partial charge in [0.15, 0.2) is 0 Å². The predicted octanol–water partition coefficient (Wildman–Crippen LogP) is 2.52. The molecule has 2 aromatic rings. The molecular formula is C16H16BrN3O5S. The summed E-state index contributed by atoms with van der Waals surface area (Å²) < 4.78 is 24.8. The summed E-state index contributed by atoms with van der Waals surface area (Å²) in [6.45, 7) is 2.82. The Bertz CT molecular complexity index is 972. The molecule has 0 saturated heterocycles. The van der Waals surface area contributed by atoms with E-state index in [0.29, 0.717) is 5.69 Å². The molecule has 0 aromatic heterocycles. The summed E-state index contributed by atoms with van der Waals surface area (Å²) in [6.07, 6.45) is 0. The van der Waals surface area contributed by atoms with Gasteiger partial charge in [-0.15, -0.1) is 0 Å². The van der Waals surface area contributed by atoms with Crippen molar-refractivity contribution >= 4 is 43.3 Å². The number of carbonyl (C=O) groups is 1. The SMILES string of the molecule is CC(=O)Nc1ccc(S(=O)(=O)N/N=C(\C)c2cc(O)cc(Br)c2O)cc1. The van der Waals surface area contributed by atoms with Crippen molar-refractivity contribution in [1.82, 2.24) is 4.83 Å². The smallest absolute Gasteiger partial charge is 0.276 e. The van der Waals surface area contributed by atoms with E-state index >= 15 is 0 Å². The van der Waals surface area contributed by atoms with Crippen molar-refractivity contribution in [3.05, 3.63) is 46.4 Å². The van der Waals surface area contributed by atoms with Gasteiger partial charge >= 0.3 is 0 Å². The molecule has 0 fully saturated rings. The highest BCUT2D eigenvalue weighted by atomic mass is 79.9. The van der Waals surface area contributed by atoms with Gasteiger partial charge in [-0.05, 0) is 59.3 Å². The average molecular weight is 442 g/mol. The highest BCUT2D eigenvalue weighted by molar-refractivity contribution is 9.10. The highest BCUT2D eigenvalue weighted by Crippen LogP contribution is 2.32. The normalized spacial score (nSPS) is 11.9. The van der Waals surface area contributed by atoms with Crippen LogP contribution in [0.1, 0.15) is 19.4 Å². The number of aromatic hydroxyl groups is 2. The number of phenols is 2. The lowest BCUT2D eigenvalue weighted by Crippen LogP contribution is -2.20. The number of benzene rings is 2. The lowest BCUT2D eigenvalue weighted by Gasteiger charge is -2.09. The Hall–Kier alpha value is -2.59. The van der Waals surface area contributed by atoms with E-state index in [1.54, 1.807) is 0 Å². The number of carbonyl (C=O) groups excluding carboxylic acids is 1. The monoisotopic (exact) mass is 441 g/mol. The lowest BCUT2D eigenvalue weighted by atomic mass is 10.1. The van der Waals surface area contributed by atoms with Crippen LogP contribution in [-0.4, -0.2) is 30.2 Å². The van der Waals surface area contributed by atoms with Crippen molar-refractivity contribution in [3.8, 4) is 11.5 Å². The van der Waals surface area contributed by atoms with Gasteiger partial charge in [-0.25, -0.2) is 0 Å². The number of amides is 1. The summed E-state index contributed by atoms with van der Waals surface area (Å²) in [7, 11) is -3.95. The number of anilines is 1. The summed E-state index contributed by atoms with van der Waals surface area (Å²) >= 11 is 3.08. The van der Waals surface area contributed by atoms with Gasteiger partial charge in [0.2, 0.25) is 5.91 Å². The number of halogens is 1. The van der Waals surface area contributed by atoms with Crippen molar-refractivity contribution in [2.45, 2.75) is 18.7 Å². The molecule has 2 aromatic carbocycles. The molecule has 26 heavy (non-hydrogen) atoms. The Balaban J connectivity index is 2.24. The maximum absolute atomic E-state index is 12.3. The van der Waals surface area contributed by atoms with Gasteiger partial charge in [0.25, 0.3) is 10.0 Å². The molecule has 0 aliphatic carbocycles. The van der Waals surface area contributed by atoms with Gasteiger partial charge < -0.3 is 15.5 Å². The number of rotatable bonds is 5. The fourth-order valence-electron chi connectivity index (χ4n) is 2.02. The van der Waals surface area contributed by atoms with Crippen LogP contribution in [0.2, 0.25) is 0 Å². The van der Waals surface area contributed by atoms with Gasteiger partial charge in [-0.1, -0.05) is 0 Å². The Morgan fingerprint density at radius 2 is 1.73 bits per heavy atom.